The van der Waals surface area contributed by atoms with Crippen molar-refractivity contribution >= 4 is 34.8 Å². The molecule has 0 saturated heterocycles. The Labute approximate surface area is 154 Å². The molecule has 0 saturated carbocycles. The van der Waals surface area contributed by atoms with Gasteiger partial charge in [0.15, 0.2) is 5.78 Å². The number of anilines is 1. The van der Waals surface area contributed by atoms with E-state index in [1.165, 1.54) is 14.1 Å². The maximum Gasteiger partial charge on any atom is 0.332 e. The summed E-state index contributed by atoms with van der Waals surface area (Å²) in [5.74, 6) is -0.664. The summed E-state index contributed by atoms with van der Waals surface area (Å²) in [6.07, 6.45) is 0. The van der Waals surface area contributed by atoms with Gasteiger partial charge in [0, 0.05) is 30.2 Å². The fraction of sp³-hybridized carbons (Fsp3) is 0.312. The van der Waals surface area contributed by atoms with E-state index in [-0.39, 0.29) is 24.0 Å². The lowest BCUT2D eigenvalue weighted by Crippen LogP contribution is -2.43. The van der Waals surface area contributed by atoms with Gasteiger partial charge < -0.3 is 11.1 Å². The van der Waals surface area contributed by atoms with Crippen LogP contribution in [-0.4, -0.2) is 21.5 Å². The van der Waals surface area contributed by atoms with Crippen molar-refractivity contribution in [2.24, 2.45) is 14.1 Å². The summed E-state index contributed by atoms with van der Waals surface area (Å²) in [5, 5.41) is 3.98. The third-order valence-corrected chi connectivity index (χ3v) is 4.55. The first-order valence-electron chi connectivity index (χ1n) is 7.42. The minimum absolute atomic E-state index is 0.141. The van der Waals surface area contributed by atoms with Gasteiger partial charge in [-0.2, -0.15) is 0 Å². The van der Waals surface area contributed by atoms with E-state index in [0.717, 1.165) is 14.7 Å². The van der Waals surface area contributed by atoms with E-state index in [4.69, 9.17) is 28.9 Å². The van der Waals surface area contributed by atoms with Gasteiger partial charge in [-0.3, -0.25) is 18.7 Å². The molecule has 2 rings (SSSR count). The van der Waals surface area contributed by atoms with Crippen molar-refractivity contribution in [2.45, 2.75) is 13.0 Å². The van der Waals surface area contributed by atoms with Crippen molar-refractivity contribution in [3.63, 3.8) is 0 Å². The first-order valence-corrected chi connectivity index (χ1v) is 8.17. The number of benzene rings is 1. The Balaban J connectivity index is 2.24. The molecule has 0 aliphatic rings. The highest BCUT2D eigenvalue weighted by Gasteiger charge is 2.21. The number of nitrogen functional groups attached to an aromatic ring is 1. The van der Waals surface area contributed by atoms with Crippen LogP contribution in [0.1, 0.15) is 28.9 Å². The van der Waals surface area contributed by atoms with Crippen molar-refractivity contribution in [1.82, 2.24) is 14.5 Å². The average Bonchev–Trinajstić information content (AvgIpc) is 2.56. The average molecular weight is 385 g/mol. The normalized spacial score (nSPS) is 12.2. The molecule has 134 valence electrons. The zero-order valence-corrected chi connectivity index (χ0v) is 15.5. The second-order valence-corrected chi connectivity index (χ2v) is 6.50. The SMILES string of the molecule is C[C@H](NCC(=O)c1c(N)n(C)c(=O)n(C)c1=O)c1ccc(Cl)cc1Cl. The smallest absolute Gasteiger partial charge is 0.332 e. The van der Waals surface area contributed by atoms with E-state index in [1.807, 2.05) is 6.92 Å². The molecule has 0 unspecified atom stereocenters. The maximum absolute atomic E-state index is 12.5. The molecule has 25 heavy (non-hydrogen) atoms. The first-order chi connectivity index (χ1) is 11.6. The molecule has 1 atom stereocenters. The predicted molar refractivity (Wildman–Crippen MR) is 98.5 cm³/mol. The molecule has 9 heteroatoms. The molecule has 0 spiro atoms. The number of hydrogen-bond acceptors (Lipinski definition) is 5. The Kier molecular flexibility index (Phi) is 5.72. The molecule has 1 aromatic heterocycles. The number of nitrogens with zero attached hydrogens (tertiary/aromatic N) is 2. The Morgan fingerprint density at radius 2 is 1.88 bits per heavy atom. The van der Waals surface area contributed by atoms with Crippen molar-refractivity contribution in [3.8, 4) is 0 Å². The lowest BCUT2D eigenvalue weighted by molar-refractivity contribution is 0.0986. The number of halogens is 2. The predicted octanol–water partition coefficient (Wildman–Crippen LogP) is 1.51. The molecule has 0 aliphatic heterocycles. The molecule has 0 radical (unpaired) electrons. The van der Waals surface area contributed by atoms with Gasteiger partial charge in [-0.05, 0) is 24.6 Å². The summed E-state index contributed by atoms with van der Waals surface area (Å²) >= 11 is 12.0. The van der Waals surface area contributed by atoms with E-state index in [1.54, 1.807) is 18.2 Å². The van der Waals surface area contributed by atoms with Gasteiger partial charge in [-0.1, -0.05) is 29.3 Å². The van der Waals surface area contributed by atoms with Crippen molar-refractivity contribution < 1.29 is 4.79 Å². The minimum Gasteiger partial charge on any atom is -0.384 e. The third kappa shape index (κ3) is 3.78. The van der Waals surface area contributed by atoms with E-state index in [9.17, 15) is 14.4 Å². The lowest BCUT2D eigenvalue weighted by atomic mass is 10.1. The first kappa shape index (κ1) is 19.2. The quantitative estimate of drug-likeness (QED) is 0.761. The Morgan fingerprint density at radius 1 is 1.24 bits per heavy atom. The fourth-order valence-corrected chi connectivity index (χ4v) is 2.99. The zero-order chi connectivity index (χ0) is 18.9. The number of carbonyl (C=O) groups excluding carboxylic acids is 1. The van der Waals surface area contributed by atoms with Crippen LogP contribution in [0.2, 0.25) is 10.0 Å². The van der Waals surface area contributed by atoms with E-state index < -0.39 is 17.0 Å². The topological polar surface area (TPSA) is 99.1 Å². The summed E-state index contributed by atoms with van der Waals surface area (Å²) in [6, 6.07) is 4.81. The number of rotatable bonds is 5. The molecule has 0 bridgehead atoms. The van der Waals surface area contributed by atoms with Crippen LogP contribution in [0.5, 0.6) is 0 Å². The molecule has 0 amide bonds. The monoisotopic (exact) mass is 384 g/mol. The number of nitrogens with one attached hydrogen (secondary N) is 1. The molecular formula is C16H18Cl2N4O3. The fourth-order valence-electron chi connectivity index (χ4n) is 2.42. The number of ketones is 1. The standard InChI is InChI=1S/C16H18Cl2N4O3/c1-8(10-5-4-9(17)6-11(10)18)20-7-12(23)13-14(19)21(2)16(25)22(3)15(13)24/h4-6,8,20H,7,19H2,1-3H3/t8-/m0/s1. The highest BCUT2D eigenvalue weighted by Crippen LogP contribution is 2.26. The second-order valence-electron chi connectivity index (χ2n) is 5.66. The largest absolute Gasteiger partial charge is 0.384 e. The van der Waals surface area contributed by atoms with Crippen LogP contribution >= 0.6 is 23.2 Å². The van der Waals surface area contributed by atoms with Gasteiger partial charge >= 0.3 is 5.69 Å². The number of hydrogen-bond donors (Lipinski definition) is 2. The minimum atomic E-state index is -0.718. The van der Waals surface area contributed by atoms with Crippen LogP contribution in [0.25, 0.3) is 0 Å². The lowest BCUT2D eigenvalue weighted by Gasteiger charge is -2.16. The summed E-state index contributed by atoms with van der Waals surface area (Å²) in [5.41, 5.74) is 5.02. The van der Waals surface area contributed by atoms with Crippen LogP contribution in [0.15, 0.2) is 27.8 Å². The van der Waals surface area contributed by atoms with Gasteiger partial charge in [-0.15, -0.1) is 0 Å². The van der Waals surface area contributed by atoms with Crippen molar-refractivity contribution in [2.75, 3.05) is 12.3 Å². The van der Waals surface area contributed by atoms with Gasteiger partial charge in [0.1, 0.15) is 11.4 Å². The number of aromatic nitrogens is 2. The Bertz CT molecular complexity index is 950. The molecule has 1 aromatic carbocycles. The molecule has 3 N–H and O–H groups in total. The highest BCUT2D eigenvalue weighted by molar-refractivity contribution is 6.35. The van der Waals surface area contributed by atoms with Crippen LogP contribution in [0.4, 0.5) is 5.82 Å². The van der Waals surface area contributed by atoms with Gasteiger partial charge in [0.05, 0.1) is 6.54 Å². The number of Topliss-reactive ketones (excluding diaryl/α,β-unsaturated/α-hetero) is 1. The summed E-state index contributed by atoms with van der Waals surface area (Å²) < 4.78 is 1.91. The van der Waals surface area contributed by atoms with Gasteiger partial charge in [0.2, 0.25) is 0 Å². The van der Waals surface area contributed by atoms with Crippen LogP contribution < -0.4 is 22.3 Å². The maximum atomic E-state index is 12.5. The summed E-state index contributed by atoms with van der Waals surface area (Å²) in [7, 11) is 2.70. The molecule has 2 aromatic rings. The molecule has 0 aliphatic carbocycles. The summed E-state index contributed by atoms with van der Waals surface area (Å²) in [4.78, 5) is 36.4. The molecule has 0 fully saturated rings. The molecular weight excluding hydrogens is 367 g/mol. The number of nitrogens with two attached hydrogens (primary N) is 1. The van der Waals surface area contributed by atoms with Crippen LogP contribution in [0.3, 0.4) is 0 Å². The van der Waals surface area contributed by atoms with E-state index in [0.29, 0.717) is 10.0 Å². The second kappa shape index (κ2) is 7.43. The van der Waals surface area contributed by atoms with Gasteiger partial charge in [-0.25, -0.2) is 4.79 Å². The third-order valence-electron chi connectivity index (χ3n) is 3.99. The number of carbonyl (C=O) groups is 1. The Morgan fingerprint density at radius 3 is 2.48 bits per heavy atom. The zero-order valence-electron chi connectivity index (χ0n) is 14.0. The van der Waals surface area contributed by atoms with Crippen molar-refractivity contribution in [3.05, 3.63) is 60.2 Å². The highest BCUT2D eigenvalue weighted by atomic mass is 35.5. The Hall–Kier alpha value is -2.09. The molecule has 1 heterocycles. The van der Waals surface area contributed by atoms with Crippen LogP contribution in [-0.2, 0) is 14.1 Å². The van der Waals surface area contributed by atoms with E-state index in [2.05, 4.69) is 5.32 Å². The van der Waals surface area contributed by atoms with Crippen molar-refractivity contribution in [1.29, 1.82) is 0 Å². The summed E-state index contributed by atoms with van der Waals surface area (Å²) in [6.45, 7) is 1.68. The van der Waals surface area contributed by atoms with E-state index >= 15 is 0 Å². The van der Waals surface area contributed by atoms with Crippen LogP contribution in [0, 0.1) is 0 Å². The molecule has 7 nitrogen and oxygen atoms in total. The van der Waals surface area contributed by atoms with Gasteiger partial charge in [0.25, 0.3) is 5.56 Å².